The molecule has 1 aromatic carbocycles. The predicted octanol–water partition coefficient (Wildman–Crippen LogP) is 3.81. The van der Waals surface area contributed by atoms with Gasteiger partial charge in [-0.15, -0.1) is 0 Å². The highest BCUT2D eigenvalue weighted by molar-refractivity contribution is 9.10. The van der Waals surface area contributed by atoms with E-state index in [2.05, 4.69) is 62.5 Å². The van der Waals surface area contributed by atoms with Gasteiger partial charge in [-0.05, 0) is 47.5 Å². The maximum Gasteiger partial charge on any atom is 0.0767 e. The third-order valence-electron chi connectivity index (χ3n) is 3.86. The van der Waals surface area contributed by atoms with Gasteiger partial charge in [-0.25, -0.2) is 0 Å². The lowest BCUT2D eigenvalue weighted by Gasteiger charge is -2.09. The van der Waals surface area contributed by atoms with Gasteiger partial charge in [0.2, 0.25) is 0 Å². The van der Waals surface area contributed by atoms with Crippen molar-refractivity contribution in [3.05, 3.63) is 46.3 Å². The summed E-state index contributed by atoms with van der Waals surface area (Å²) in [4.78, 5) is 0. The Morgan fingerprint density at radius 2 is 2.05 bits per heavy atom. The minimum absolute atomic E-state index is 0.786. The zero-order chi connectivity index (χ0) is 15.0. The third-order valence-corrected chi connectivity index (χ3v) is 4.78. The van der Waals surface area contributed by atoms with Crippen LogP contribution in [-0.4, -0.2) is 14.3 Å². The van der Waals surface area contributed by atoms with E-state index >= 15 is 0 Å². The SMILES string of the molecule is CCc1nn(CC)c(Cn2ccc3c(N)cccc32)c1Br. The van der Waals surface area contributed by atoms with Gasteiger partial charge >= 0.3 is 0 Å². The fourth-order valence-corrected chi connectivity index (χ4v) is 3.40. The Hall–Kier alpha value is -1.75. The van der Waals surface area contributed by atoms with Crippen molar-refractivity contribution in [2.75, 3.05) is 5.73 Å². The maximum absolute atomic E-state index is 6.03. The van der Waals surface area contributed by atoms with E-state index in [1.54, 1.807) is 0 Å². The number of benzene rings is 1. The van der Waals surface area contributed by atoms with Crippen LogP contribution in [0, 0.1) is 0 Å². The Bertz CT molecular complexity index is 785. The normalized spacial score (nSPS) is 11.4. The van der Waals surface area contributed by atoms with Gasteiger partial charge in [0.05, 0.1) is 27.9 Å². The van der Waals surface area contributed by atoms with E-state index in [1.807, 2.05) is 12.1 Å². The van der Waals surface area contributed by atoms with Gasteiger partial charge in [0, 0.05) is 23.8 Å². The maximum atomic E-state index is 6.03. The summed E-state index contributed by atoms with van der Waals surface area (Å²) < 4.78 is 5.41. The molecule has 4 nitrogen and oxygen atoms in total. The van der Waals surface area contributed by atoms with Crippen LogP contribution in [0.5, 0.6) is 0 Å². The highest BCUT2D eigenvalue weighted by atomic mass is 79.9. The van der Waals surface area contributed by atoms with Gasteiger partial charge in [0.15, 0.2) is 0 Å². The second-order valence-electron chi connectivity index (χ2n) is 5.10. The second kappa shape index (κ2) is 5.56. The van der Waals surface area contributed by atoms with Gasteiger partial charge < -0.3 is 10.3 Å². The van der Waals surface area contributed by atoms with Crippen LogP contribution in [0.4, 0.5) is 5.69 Å². The molecule has 3 rings (SSSR count). The molecule has 0 radical (unpaired) electrons. The number of hydrogen-bond acceptors (Lipinski definition) is 2. The number of aromatic nitrogens is 3. The van der Waals surface area contributed by atoms with E-state index < -0.39 is 0 Å². The Labute approximate surface area is 132 Å². The number of nitrogens with two attached hydrogens (primary N) is 1. The fraction of sp³-hybridized carbons (Fsp3) is 0.312. The van der Waals surface area contributed by atoms with Crippen molar-refractivity contribution < 1.29 is 0 Å². The number of nitrogen functional groups attached to an aromatic ring is 1. The highest BCUT2D eigenvalue weighted by Crippen LogP contribution is 2.26. The van der Waals surface area contributed by atoms with Gasteiger partial charge in [-0.3, -0.25) is 4.68 Å². The molecule has 2 N–H and O–H groups in total. The molecule has 0 atom stereocenters. The van der Waals surface area contributed by atoms with Crippen LogP contribution >= 0.6 is 15.9 Å². The third kappa shape index (κ3) is 2.35. The van der Waals surface area contributed by atoms with Gasteiger partial charge in [0.1, 0.15) is 0 Å². The summed E-state index contributed by atoms with van der Waals surface area (Å²) in [7, 11) is 0. The zero-order valence-corrected chi connectivity index (χ0v) is 13.9. The number of rotatable bonds is 4. The quantitative estimate of drug-likeness (QED) is 0.730. The molecule has 0 saturated heterocycles. The molecule has 2 heterocycles. The molecular formula is C16H19BrN4. The molecule has 5 heteroatoms. The van der Waals surface area contributed by atoms with E-state index in [0.717, 1.165) is 46.3 Å². The van der Waals surface area contributed by atoms with Gasteiger partial charge in [0.25, 0.3) is 0 Å². The number of hydrogen-bond donors (Lipinski definition) is 1. The molecule has 0 unspecified atom stereocenters. The van der Waals surface area contributed by atoms with E-state index in [-0.39, 0.29) is 0 Å². The summed E-state index contributed by atoms with van der Waals surface area (Å²) in [5, 5.41) is 5.76. The van der Waals surface area contributed by atoms with Gasteiger partial charge in [-0.1, -0.05) is 13.0 Å². The molecule has 0 aliphatic rings. The van der Waals surface area contributed by atoms with Crippen molar-refractivity contribution in [1.82, 2.24) is 14.3 Å². The van der Waals surface area contributed by atoms with Crippen molar-refractivity contribution in [1.29, 1.82) is 0 Å². The average Bonchev–Trinajstić information content (AvgIpc) is 3.03. The topological polar surface area (TPSA) is 48.8 Å². The van der Waals surface area contributed by atoms with Crippen molar-refractivity contribution >= 4 is 32.5 Å². The molecule has 0 spiro atoms. The Kier molecular flexibility index (Phi) is 3.76. The lowest BCUT2D eigenvalue weighted by Crippen LogP contribution is -2.07. The minimum atomic E-state index is 0.786. The van der Waals surface area contributed by atoms with Crippen molar-refractivity contribution in [2.24, 2.45) is 0 Å². The Morgan fingerprint density at radius 3 is 2.76 bits per heavy atom. The van der Waals surface area contributed by atoms with E-state index in [4.69, 9.17) is 5.73 Å². The first-order chi connectivity index (χ1) is 10.2. The molecule has 0 amide bonds. The molecule has 3 aromatic rings. The molecule has 0 aliphatic carbocycles. The summed E-state index contributed by atoms with van der Waals surface area (Å²) in [6.07, 6.45) is 3.02. The predicted molar refractivity (Wildman–Crippen MR) is 90.4 cm³/mol. The molecular weight excluding hydrogens is 328 g/mol. The molecule has 21 heavy (non-hydrogen) atoms. The van der Waals surface area contributed by atoms with Crippen LogP contribution in [-0.2, 0) is 19.5 Å². The second-order valence-corrected chi connectivity index (χ2v) is 5.89. The summed E-state index contributed by atoms with van der Waals surface area (Å²) in [5.41, 5.74) is 10.3. The largest absolute Gasteiger partial charge is 0.398 e. The van der Waals surface area contributed by atoms with Crippen molar-refractivity contribution in [3.63, 3.8) is 0 Å². The van der Waals surface area contributed by atoms with E-state index in [1.165, 1.54) is 5.69 Å². The van der Waals surface area contributed by atoms with E-state index in [9.17, 15) is 0 Å². The summed E-state index contributed by atoms with van der Waals surface area (Å²) in [6.45, 7) is 5.90. The first kappa shape index (κ1) is 14.2. The highest BCUT2D eigenvalue weighted by Gasteiger charge is 2.15. The fourth-order valence-electron chi connectivity index (χ4n) is 2.71. The number of nitrogens with zero attached hydrogens (tertiary/aromatic N) is 3. The number of anilines is 1. The molecule has 0 bridgehead atoms. The van der Waals surface area contributed by atoms with Crippen LogP contribution in [0.25, 0.3) is 10.9 Å². The molecule has 2 aromatic heterocycles. The van der Waals surface area contributed by atoms with Crippen LogP contribution < -0.4 is 5.73 Å². The van der Waals surface area contributed by atoms with Crippen LogP contribution in [0.15, 0.2) is 34.9 Å². The molecule has 110 valence electrons. The standard InChI is InChI=1S/C16H19BrN4/c1-3-13-16(17)15(21(4-2)19-13)10-20-9-8-11-12(18)6-5-7-14(11)20/h5-9H,3-4,10,18H2,1-2H3. The lowest BCUT2D eigenvalue weighted by molar-refractivity contribution is 0.598. The summed E-state index contributed by atoms with van der Waals surface area (Å²) >= 11 is 3.71. The number of aryl methyl sites for hydroxylation is 2. The number of halogens is 1. The smallest absolute Gasteiger partial charge is 0.0767 e. The Balaban J connectivity index is 2.07. The van der Waals surface area contributed by atoms with Crippen molar-refractivity contribution in [3.8, 4) is 0 Å². The van der Waals surface area contributed by atoms with Crippen molar-refractivity contribution in [2.45, 2.75) is 33.4 Å². The van der Waals surface area contributed by atoms with Gasteiger partial charge in [-0.2, -0.15) is 5.10 Å². The average molecular weight is 347 g/mol. The first-order valence-corrected chi connectivity index (χ1v) is 8.02. The van der Waals surface area contributed by atoms with Crippen LogP contribution in [0.1, 0.15) is 25.2 Å². The van der Waals surface area contributed by atoms with Crippen LogP contribution in [0.3, 0.4) is 0 Å². The summed E-state index contributed by atoms with van der Waals surface area (Å²) in [5.74, 6) is 0. The zero-order valence-electron chi connectivity index (χ0n) is 12.3. The minimum Gasteiger partial charge on any atom is -0.398 e. The molecule has 0 fully saturated rings. The monoisotopic (exact) mass is 346 g/mol. The number of fused-ring (bicyclic) bond motifs is 1. The lowest BCUT2D eigenvalue weighted by atomic mass is 10.2. The van der Waals surface area contributed by atoms with E-state index in [0.29, 0.717) is 0 Å². The van der Waals surface area contributed by atoms with Crippen LogP contribution in [0.2, 0.25) is 0 Å². The summed E-state index contributed by atoms with van der Waals surface area (Å²) in [6, 6.07) is 8.12. The Morgan fingerprint density at radius 1 is 1.24 bits per heavy atom. The molecule has 0 aliphatic heterocycles. The first-order valence-electron chi connectivity index (χ1n) is 7.23. The molecule has 0 saturated carbocycles.